The van der Waals surface area contributed by atoms with E-state index < -0.39 is 5.97 Å². The second-order valence-electron chi connectivity index (χ2n) is 8.14. The highest BCUT2D eigenvalue weighted by Gasteiger charge is 2.25. The first-order chi connectivity index (χ1) is 16.6. The van der Waals surface area contributed by atoms with Gasteiger partial charge in [0.1, 0.15) is 0 Å². The highest BCUT2D eigenvalue weighted by atomic mass is 32.2. The Morgan fingerprint density at radius 1 is 0.794 bits per heavy atom. The van der Waals surface area contributed by atoms with E-state index in [1.54, 1.807) is 12.1 Å². The Morgan fingerprint density at radius 2 is 1.53 bits per heavy atom. The molecule has 0 aliphatic heterocycles. The van der Waals surface area contributed by atoms with Crippen molar-refractivity contribution in [3.8, 4) is 11.1 Å². The van der Waals surface area contributed by atoms with Crippen LogP contribution in [0.25, 0.3) is 21.9 Å². The van der Waals surface area contributed by atoms with Crippen LogP contribution in [-0.2, 0) is 16.0 Å². The minimum atomic E-state index is -0.453. The van der Waals surface area contributed by atoms with Crippen molar-refractivity contribution >= 4 is 40.1 Å². The van der Waals surface area contributed by atoms with Gasteiger partial charge in [-0.1, -0.05) is 79.7 Å². The van der Waals surface area contributed by atoms with E-state index in [-0.39, 0.29) is 23.9 Å². The molecule has 0 atom stereocenters. The Kier molecular flexibility index (Phi) is 6.03. The molecule has 4 aromatic rings. The molecule has 0 heterocycles. The smallest absolute Gasteiger partial charge is 0.316 e. The van der Waals surface area contributed by atoms with Crippen molar-refractivity contribution in [2.45, 2.75) is 18.2 Å². The molecule has 0 unspecified atom stereocenters. The summed E-state index contributed by atoms with van der Waals surface area (Å²) in [5.74, 6) is -0.587. The zero-order chi connectivity index (χ0) is 23.7. The number of carbonyl (C=O) groups excluding carboxylic acids is 3. The van der Waals surface area contributed by atoms with Gasteiger partial charge in [0.05, 0.1) is 5.75 Å². The molecule has 0 fully saturated rings. The largest absolute Gasteiger partial charge is 0.457 e. The van der Waals surface area contributed by atoms with Gasteiger partial charge in [0.15, 0.2) is 18.2 Å². The third kappa shape index (κ3) is 4.03. The monoisotopic (exact) mass is 466 g/mol. The van der Waals surface area contributed by atoms with Gasteiger partial charge in [-0.25, -0.2) is 0 Å². The molecule has 168 valence electrons. The van der Waals surface area contributed by atoms with Crippen LogP contribution in [0, 0.1) is 0 Å². The van der Waals surface area contributed by atoms with Crippen molar-refractivity contribution in [1.82, 2.24) is 0 Å². The molecule has 0 N–H and O–H groups in total. The van der Waals surface area contributed by atoms with Gasteiger partial charge >= 0.3 is 5.97 Å². The minimum absolute atomic E-state index is 0.0146. The molecule has 1 aliphatic rings. The number of aryl methyl sites for hydroxylation is 1. The molecule has 0 saturated heterocycles. The van der Waals surface area contributed by atoms with Crippen molar-refractivity contribution in [2.24, 2.45) is 0 Å². The molecule has 4 nitrogen and oxygen atoms in total. The lowest BCUT2D eigenvalue weighted by molar-refractivity contribution is -0.139. The van der Waals surface area contributed by atoms with E-state index in [4.69, 9.17) is 4.74 Å². The van der Waals surface area contributed by atoms with Crippen LogP contribution < -0.4 is 0 Å². The zero-order valence-corrected chi connectivity index (χ0v) is 19.5. The van der Waals surface area contributed by atoms with Gasteiger partial charge in [0.25, 0.3) is 0 Å². The van der Waals surface area contributed by atoms with Crippen LogP contribution in [0.2, 0.25) is 0 Å². The number of rotatable bonds is 7. The SMILES string of the molecule is CCc1ccc(C(=O)COC(=O)CSc2ccc3c4c(cccc24)C(=O)c2ccccc2-3)cc1. The molecule has 0 spiro atoms. The number of hydrogen-bond donors (Lipinski definition) is 0. The van der Waals surface area contributed by atoms with E-state index in [9.17, 15) is 14.4 Å². The maximum atomic E-state index is 13.1. The molecule has 5 heteroatoms. The fourth-order valence-corrected chi connectivity index (χ4v) is 5.16. The van der Waals surface area contributed by atoms with Gasteiger partial charge in [-0.05, 0) is 34.6 Å². The van der Waals surface area contributed by atoms with Gasteiger partial charge in [-0.15, -0.1) is 11.8 Å². The summed E-state index contributed by atoms with van der Waals surface area (Å²) in [7, 11) is 0. The number of ether oxygens (including phenoxy) is 1. The van der Waals surface area contributed by atoms with Crippen LogP contribution in [0.4, 0.5) is 0 Å². The van der Waals surface area contributed by atoms with Gasteiger partial charge in [-0.2, -0.15) is 0 Å². The maximum Gasteiger partial charge on any atom is 0.316 e. The molecule has 5 rings (SSSR count). The molecular weight excluding hydrogens is 444 g/mol. The number of carbonyl (C=O) groups is 3. The molecule has 34 heavy (non-hydrogen) atoms. The maximum absolute atomic E-state index is 13.1. The van der Waals surface area contributed by atoms with Crippen LogP contribution in [0.1, 0.15) is 38.8 Å². The predicted molar refractivity (Wildman–Crippen MR) is 135 cm³/mol. The molecule has 4 aromatic carbocycles. The van der Waals surface area contributed by atoms with Gasteiger partial charge in [0, 0.05) is 27.0 Å². The molecule has 0 saturated carbocycles. The van der Waals surface area contributed by atoms with Gasteiger partial charge in [-0.3, -0.25) is 14.4 Å². The zero-order valence-electron chi connectivity index (χ0n) is 18.7. The summed E-state index contributed by atoms with van der Waals surface area (Å²) in [4.78, 5) is 38.6. The first-order valence-electron chi connectivity index (χ1n) is 11.2. The average molecular weight is 467 g/mol. The fourth-order valence-electron chi connectivity index (χ4n) is 4.31. The standard InChI is InChI=1S/C29H22O4S/c1-2-18-10-12-19(13-11-18)25(30)16-33-27(31)17-34-26-15-14-21-20-6-3-4-7-22(20)29(32)24-9-5-8-23(26)28(21)24/h3-15H,2,16-17H2,1H3. The van der Waals surface area contributed by atoms with Crippen molar-refractivity contribution in [2.75, 3.05) is 12.4 Å². The Labute approximate surface area is 201 Å². The molecular formula is C29H22O4S. The number of fused-ring (bicyclic) bond motifs is 2. The normalized spacial score (nSPS) is 11.9. The molecule has 0 radical (unpaired) electrons. The third-order valence-electron chi connectivity index (χ3n) is 6.10. The summed E-state index contributed by atoms with van der Waals surface area (Å²) in [6.07, 6.45) is 0.901. The topological polar surface area (TPSA) is 60.4 Å². The lowest BCUT2D eigenvalue weighted by Gasteiger charge is -2.21. The lowest BCUT2D eigenvalue weighted by atomic mass is 9.83. The van der Waals surface area contributed by atoms with E-state index in [0.29, 0.717) is 16.7 Å². The van der Waals surface area contributed by atoms with Gasteiger partial charge < -0.3 is 4.74 Å². The van der Waals surface area contributed by atoms with Crippen LogP contribution in [-0.4, -0.2) is 29.9 Å². The first kappa shape index (κ1) is 22.1. The van der Waals surface area contributed by atoms with E-state index in [1.807, 2.05) is 66.7 Å². The van der Waals surface area contributed by atoms with E-state index >= 15 is 0 Å². The number of benzene rings is 4. The van der Waals surface area contributed by atoms with E-state index in [2.05, 4.69) is 6.92 Å². The van der Waals surface area contributed by atoms with Crippen molar-refractivity contribution in [3.05, 3.63) is 101 Å². The number of esters is 1. The summed E-state index contributed by atoms with van der Waals surface area (Å²) in [5.41, 5.74) is 5.02. The van der Waals surface area contributed by atoms with Crippen LogP contribution >= 0.6 is 11.8 Å². The minimum Gasteiger partial charge on any atom is -0.457 e. The summed E-state index contributed by atoms with van der Waals surface area (Å²) < 4.78 is 5.23. The van der Waals surface area contributed by atoms with Crippen LogP contribution in [0.5, 0.6) is 0 Å². The fraction of sp³-hybridized carbons (Fsp3) is 0.138. The Hall–Kier alpha value is -3.70. The molecule has 0 amide bonds. The summed E-state index contributed by atoms with van der Waals surface area (Å²) in [6, 6.07) is 24.7. The number of Topliss-reactive ketones (excluding diaryl/α,β-unsaturated/α-hetero) is 1. The Morgan fingerprint density at radius 3 is 2.29 bits per heavy atom. The number of ketones is 2. The molecule has 1 aliphatic carbocycles. The first-order valence-corrected chi connectivity index (χ1v) is 12.2. The third-order valence-corrected chi connectivity index (χ3v) is 7.15. The summed E-state index contributed by atoms with van der Waals surface area (Å²) >= 11 is 1.35. The highest BCUT2D eigenvalue weighted by Crippen LogP contribution is 2.42. The predicted octanol–water partition coefficient (Wildman–Crippen LogP) is 6.13. The quantitative estimate of drug-likeness (QED) is 0.164. The van der Waals surface area contributed by atoms with Crippen LogP contribution in [0.15, 0.2) is 83.8 Å². The highest BCUT2D eigenvalue weighted by molar-refractivity contribution is 8.00. The summed E-state index contributed by atoms with van der Waals surface area (Å²) in [5, 5.41) is 1.85. The Balaban J connectivity index is 1.31. The van der Waals surface area contributed by atoms with E-state index in [1.165, 1.54) is 11.8 Å². The van der Waals surface area contributed by atoms with Crippen molar-refractivity contribution < 1.29 is 19.1 Å². The Bertz CT molecular complexity index is 1440. The lowest BCUT2D eigenvalue weighted by Crippen LogP contribution is -2.15. The van der Waals surface area contributed by atoms with Crippen LogP contribution in [0.3, 0.4) is 0 Å². The average Bonchev–Trinajstić information content (AvgIpc) is 2.89. The second-order valence-corrected chi connectivity index (χ2v) is 9.15. The van der Waals surface area contributed by atoms with Crippen molar-refractivity contribution in [3.63, 3.8) is 0 Å². The summed E-state index contributed by atoms with van der Waals surface area (Å²) in [6.45, 7) is 1.77. The van der Waals surface area contributed by atoms with E-state index in [0.717, 1.165) is 38.8 Å². The van der Waals surface area contributed by atoms with Crippen molar-refractivity contribution in [1.29, 1.82) is 0 Å². The number of hydrogen-bond acceptors (Lipinski definition) is 5. The number of thioether (sulfide) groups is 1. The van der Waals surface area contributed by atoms with Gasteiger partial charge in [0.2, 0.25) is 0 Å². The molecule has 0 aromatic heterocycles. The second kappa shape index (κ2) is 9.27. The molecule has 0 bridgehead atoms.